The minimum absolute atomic E-state index is 0.0903. The molecule has 0 aliphatic rings. The number of aryl methyl sites for hydroxylation is 1. The van der Waals surface area contributed by atoms with Crippen molar-refractivity contribution >= 4 is 11.8 Å². The fourth-order valence-electron chi connectivity index (χ4n) is 1.91. The molecular formula is C14H16N4O2. The second-order valence-corrected chi connectivity index (χ2v) is 4.59. The molecule has 2 aromatic rings. The predicted molar refractivity (Wildman–Crippen MR) is 74.7 cm³/mol. The van der Waals surface area contributed by atoms with E-state index in [2.05, 4.69) is 20.5 Å². The van der Waals surface area contributed by atoms with Crippen molar-refractivity contribution in [3.63, 3.8) is 0 Å². The van der Waals surface area contributed by atoms with E-state index in [1.807, 2.05) is 19.1 Å². The van der Waals surface area contributed by atoms with E-state index >= 15 is 0 Å². The molecule has 6 nitrogen and oxygen atoms in total. The molecular weight excluding hydrogens is 256 g/mol. The maximum Gasteiger partial charge on any atom is 0.339 e. The van der Waals surface area contributed by atoms with E-state index in [9.17, 15) is 9.90 Å². The summed E-state index contributed by atoms with van der Waals surface area (Å²) in [5, 5.41) is 20.4. The summed E-state index contributed by atoms with van der Waals surface area (Å²) in [6.45, 7) is 5.40. The number of nitrogens with one attached hydrogen (secondary N) is 1. The monoisotopic (exact) mass is 272 g/mol. The van der Waals surface area contributed by atoms with Crippen LogP contribution in [0, 0.1) is 13.8 Å². The van der Waals surface area contributed by atoms with Gasteiger partial charge in [-0.15, -0.1) is 5.10 Å². The molecule has 2 aromatic heterocycles. The van der Waals surface area contributed by atoms with Gasteiger partial charge in [0.1, 0.15) is 5.56 Å². The van der Waals surface area contributed by atoms with Crippen LogP contribution in [0.25, 0.3) is 0 Å². The summed E-state index contributed by atoms with van der Waals surface area (Å²) >= 11 is 0. The number of rotatable bonds is 4. The van der Waals surface area contributed by atoms with E-state index in [-0.39, 0.29) is 17.4 Å². The SMILES string of the molecule is Cc1nnc(NC(C)c2ccncc2)c(C(=O)O)c1C. The second-order valence-electron chi connectivity index (χ2n) is 4.59. The van der Waals surface area contributed by atoms with Gasteiger partial charge in [-0.3, -0.25) is 4.98 Å². The van der Waals surface area contributed by atoms with Crippen molar-refractivity contribution in [1.29, 1.82) is 0 Å². The summed E-state index contributed by atoms with van der Waals surface area (Å²) in [6.07, 6.45) is 3.38. The topological polar surface area (TPSA) is 88.0 Å². The minimum Gasteiger partial charge on any atom is -0.478 e. The molecule has 2 heterocycles. The zero-order valence-electron chi connectivity index (χ0n) is 11.6. The molecule has 0 saturated carbocycles. The Morgan fingerprint density at radius 1 is 1.25 bits per heavy atom. The lowest BCUT2D eigenvalue weighted by Crippen LogP contribution is -2.15. The highest BCUT2D eigenvalue weighted by atomic mass is 16.4. The van der Waals surface area contributed by atoms with E-state index in [1.165, 1.54) is 0 Å². The fraction of sp³-hybridized carbons (Fsp3) is 0.286. The normalized spacial score (nSPS) is 11.9. The molecule has 20 heavy (non-hydrogen) atoms. The lowest BCUT2D eigenvalue weighted by Gasteiger charge is -2.17. The standard InChI is InChI=1S/C14H16N4O2/c1-8-9(2)17-18-13(12(8)14(19)20)16-10(3)11-4-6-15-7-5-11/h4-7,10H,1-3H3,(H,16,18)(H,19,20). The summed E-state index contributed by atoms with van der Waals surface area (Å²) in [7, 11) is 0. The predicted octanol–water partition coefficient (Wildman–Crippen LogP) is 2.36. The largest absolute Gasteiger partial charge is 0.478 e. The third-order valence-electron chi connectivity index (χ3n) is 3.23. The Bertz CT molecular complexity index is 629. The zero-order valence-corrected chi connectivity index (χ0v) is 11.6. The van der Waals surface area contributed by atoms with E-state index in [4.69, 9.17) is 0 Å². The van der Waals surface area contributed by atoms with Crippen LogP contribution in [0.1, 0.15) is 40.1 Å². The molecule has 0 saturated heterocycles. The smallest absolute Gasteiger partial charge is 0.339 e. The van der Waals surface area contributed by atoms with Gasteiger partial charge in [0.05, 0.1) is 11.7 Å². The molecule has 0 radical (unpaired) electrons. The summed E-state index contributed by atoms with van der Waals surface area (Å²) in [5.41, 5.74) is 2.40. The number of anilines is 1. The number of nitrogens with zero attached hydrogens (tertiary/aromatic N) is 3. The quantitative estimate of drug-likeness (QED) is 0.888. The Hall–Kier alpha value is -2.50. The van der Waals surface area contributed by atoms with Crippen LogP contribution in [-0.4, -0.2) is 26.3 Å². The van der Waals surface area contributed by atoms with E-state index in [0.717, 1.165) is 5.56 Å². The molecule has 0 aromatic carbocycles. The number of hydrogen-bond acceptors (Lipinski definition) is 5. The minimum atomic E-state index is -1.01. The van der Waals surface area contributed by atoms with Crippen LogP contribution in [0.3, 0.4) is 0 Å². The van der Waals surface area contributed by atoms with Crippen LogP contribution < -0.4 is 5.32 Å². The average Bonchev–Trinajstić information content (AvgIpc) is 2.43. The molecule has 0 aliphatic heterocycles. The number of aromatic carboxylic acids is 1. The van der Waals surface area contributed by atoms with Gasteiger partial charge in [-0.2, -0.15) is 5.10 Å². The number of carboxylic acid groups (broad SMARTS) is 1. The van der Waals surface area contributed by atoms with Gasteiger partial charge >= 0.3 is 5.97 Å². The number of hydrogen-bond donors (Lipinski definition) is 2. The summed E-state index contributed by atoms with van der Waals surface area (Å²) < 4.78 is 0. The first-order valence-electron chi connectivity index (χ1n) is 6.24. The molecule has 0 fully saturated rings. The van der Waals surface area contributed by atoms with Gasteiger partial charge in [0.2, 0.25) is 0 Å². The molecule has 2 N–H and O–H groups in total. The molecule has 6 heteroatoms. The van der Waals surface area contributed by atoms with Crippen molar-refractivity contribution in [2.24, 2.45) is 0 Å². The van der Waals surface area contributed by atoms with Crippen molar-refractivity contribution in [2.75, 3.05) is 5.32 Å². The van der Waals surface area contributed by atoms with Crippen LogP contribution in [0.5, 0.6) is 0 Å². The van der Waals surface area contributed by atoms with Crippen molar-refractivity contribution < 1.29 is 9.90 Å². The highest BCUT2D eigenvalue weighted by Gasteiger charge is 2.19. The molecule has 1 unspecified atom stereocenters. The Kier molecular flexibility index (Phi) is 3.93. The van der Waals surface area contributed by atoms with Gasteiger partial charge in [-0.05, 0) is 44.0 Å². The Labute approximate surface area is 116 Å². The third-order valence-corrected chi connectivity index (χ3v) is 3.23. The lowest BCUT2D eigenvalue weighted by atomic mass is 10.1. The molecule has 0 amide bonds. The van der Waals surface area contributed by atoms with Crippen LogP contribution >= 0.6 is 0 Å². The van der Waals surface area contributed by atoms with E-state index in [0.29, 0.717) is 11.3 Å². The van der Waals surface area contributed by atoms with Crippen molar-refractivity contribution in [3.05, 3.63) is 46.9 Å². The first kappa shape index (κ1) is 13.9. The molecule has 2 rings (SSSR count). The van der Waals surface area contributed by atoms with Gasteiger partial charge in [-0.25, -0.2) is 4.79 Å². The number of carboxylic acids is 1. The van der Waals surface area contributed by atoms with Crippen LogP contribution in [0.2, 0.25) is 0 Å². The third kappa shape index (κ3) is 2.74. The molecule has 0 bridgehead atoms. The van der Waals surface area contributed by atoms with Crippen molar-refractivity contribution in [2.45, 2.75) is 26.8 Å². The van der Waals surface area contributed by atoms with Crippen LogP contribution in [0.4, 0.5) is 5.82 Å². The Morgan fingerprint density at radius 3 is 2.50 bits per heavy atom. The number of carbonyl (C=O) groups is 1. The maximum absolute atomic E-state index is 11.4. The van der Waals surface area contributed by atoms with Crippen molar-refractivity contribution in [1.82, 2.24) is 15.2 Å². The summed E-state index contributed by atoms with van der Waals surface area (Å²) in [6, 6.07) is 3.65. The fourth-order valence-corrected chi connectivity index (χ4v) is 1.91. The number of pyridine rings is 1. The average molecular weight is 272 g/mol. The summed E-state index contributed by atoms with van der Waals surface area (Å²) in [5.74, 6) is -0.727. The first-order valence-corrected chi connectivity index (χ1v) is 6.24. The van der Waals surface area contributed by atoms with Crippen molar-refractivity contribution in [3.8, 4) is 0 Å². The summed E-state index contributed by atoms with van der Waals surface area (Å²) in [4.78, 5) is 15.4. The Balaban J connectivity index is 2.35. The van der Waals surface area contributed by atoms with Gasteiger partial charge in [0.25, 0.3) is 0 Å². The Morgan fingerprint density at radius 2 is 1.90 bits per heavy atom. The van der Waals surface area contributed by atoms with Gasteiger partial charge in [0, 0.05) is 12.4 Å². The molecule has 104 valence electrons. The molecule has 0 spiro atoms. The lowest BCUT2D eigenvalue weighted by molar-refractivity contribution is 0.0696. The zero-order chi connectivity index (χ0) is 14.7. The van der Waals surface area contributed by atoms with Gasteiger partial charge in [0.15, 0.2) is 5.82 Å². The molecule has 1 atom stereocenters. The van der Waals surface area contributed by atoms with Crippen LogP contribution in [0.15, 0.2) is 24.5 Å². The highest BCUT2D eigenvalue weighted by molar-refractivity contribution is 5.94. The maximum atomic E-state index is 11.4. The first-order chi connectivity index (χ1) is 9.50. The molecule has 0 aliphatic carbocycles. The van der Waals surface area contributed by atoms with Crippen LogP contribution in [-0.2, 0) is 0 Å². The second kappa shape index (κ2) is 5.64. The highest BCUT2D eigenvalue weighted by Crippen LogP contribution is 2.23. The van der Waals surface area contributed by atoms with Gasteiger partial charge < -0.3 is 10.4 Å². The van der Waals surface area contributed by atoms with Gasteiger partial charge in [-0.1, -0.05) is 0 Å². The number of aromatic nitrogens is 3. The van der Waals surface area contributed by atoms with E-state index < -0.39 is 5.97 Å². The van der Waals surface area contributed by atoms with E-state index in [1.54, 1.807) is 26.2 Å².